The predicted molar refractivity (Wildman–Crippen MR) is 47.0 cm³/mol. The van der Waals surface area contributed by atoms with E-state index in [0.29, 0.717) is 0 Å². The maximum Gasteiger partial charge on any atom is 0.0172 e. The van der Waals surface area contributed by atoms with E-state index in [2.05, 4.69) is 37.9 Å². The zero-order valence-electron chi connectivity index (χ0n) is 7.43. The number of nitrogens with zero attached hydrogens (tertiary/aromatic N) is 1. The maximum atomic E-state index is 2.34. The Morgan fingerprint density at radius 3 is 2.40 bits per heavy atom. The maximum absolute atomic E-state index is 2.34. The molecule has 0 atom stereocenters. The summed E-state index contributed by atoms with van der Waals surface area (Å²) in [6.45, 7) is 8.81. The molecule has 0 fully saturated rings. The molecule has 0 N–H and O–H groups in total. The van der Waals surface area contributed by atoms with Crippen LogP contribution in [0.15, 0.2) is 12.3 Å². The van der Waals surface area contributed by atoms with Gasteiger partial charge in [0, 0.05) is 13.1 Å². The van der Waals surface area contributed by atoms with Gasteiger partial charge in [0.25, 0.3) is 0 Å². The summed E-state index contributed by atoms with van der Waals surface area (Å²) in [5.41, 5.74) is 0. The molecule has 10 heavy (non-hydrogen) atoms. The van der Waals surface area contributed by atoms with Crippen LogP contribution < -0.4 is 0 Å². The SMILES string of the molecule is C/C=C\N(CC)CCCC. The van der Waals surface area contributed by atoms with Crippen LogP contribution in [0.2, 0.25) is 0 Å². The highest BCUT2D eigenvalue weighted by Gasteiger charge is 1.91. The first-order valence-corrected chi connectivity index (χ1v) is 4.22. The fourth-order valence-electron chi connectivity index (χ4n) is 0.910. The van der Waals surface area contributed by atoms with Crippen molar-refractivity contribution in [1.29, 1.82) is 0 Å². The number of allylic oxidation sites excluding steroid dienone is 1. The Kier molecular flexibility index (Phi) is 6.35. The summed E-state index contributed by atoms with van der Waals surface area (Å²) >= 11 is 0. The molecule has 0 aromatic heterocycles. The van der Waals surface area contributed by atoms with Gasteiger partial charge in [-0.05, 0) is 26.5 Å². The molecule has 0 bridgehead atoms. The Hall–Kier alpha value is -0.460. The lowest BCUT2D eigenvalue weighted by Gasteiger charge is -2.16. The fourth-order valence-corrected chi connectivity index (χ4v) is 0.910. The average molecular weight is 141 g/mol. The molecule has 0 aliphatic rings. The second-order valence-corrected chi connectivity index (χ2v) is 2.46. The van der Waals surface area contributed by atoms with Crippen LogP contribution in [0.25, 0.3) is 0 Å². The van der Waals surface area contributed by atoms with E-state index in [1.54, 1.807) is 0 Å². The van der Waals surface area contributed by atoms with Gasteiger partial charge in [-0.25, -0.2) is 0 Å². The van der Waals surface area contributed by atoms with E-state index in [1.165, 1.54) is 19.4 Å². The fraction of sp³-hybridized carbons (Fsp3) is 0.778. The molecule has 0 aliphatic heterocycles. The van der Waals surface area contributed by atoms with Gasteiger partial charge < -0.3 is 4.90 Å². The van der Waals surface area contributed by atoms with Crippen LogP contribution in [0.1, 0.15) is 33.6 Å². The van der Waals surface area contributed by atoms with Gasteiger partial charge in [0.05, 0.1) is 0 Å². The van der Waals surface area contributed by atoms with Crippen molar-refractivity contribution in [2.75, 3.05) is 13.1 Å². The third-order valence-electron chi connectivity index (χ3n) is 1.56. The summed E-state index contributed by atoms with van der Waals surface area (Å²) in [4.78, 5) is 2.34. The van der Waals surface area contributed by atoms with E-state index in [9.17, 15) is 0 Å². The van der Waals surface area contributed by atoms with Gasteiger partial charge in [-0.2, -0.15) is 0 Å². The second kappa shape index (κ2) is 6.66. The Morgan fingerprint density at radius 1 is 1.30 bits per heavy atom. The summed E-state index contributed by atoms with van der Waals surface area (Å²) in [7, 11) is 0. The monoisotopic (exact) mass is 141 g/mol. The van der Waals surface area contributed by atoms with Crippen LogP contribution in [0.3, 0.4) is 0 Å². The summed E-state index contributed by atoms with van der Waals surface area (Å²) in [5, 5.41) is 0. The minimum absolute atomic E-state index is 1.13. The zero-order chi connectivity index (χ0) is 7.82. The zero-order valence-corrected chi connectivity index (χ0v) is 7.43. The number of unbranched alkanes of at least 4 members (excludes halogenated alkanes) is 1. The Balaban J connectivity index is 3.39. The summed E-state index contributed by atoms with van der Waals surface area (Å²) < 4.78 is 0. The number of rotatable bonds is 5. The molecular weight excluding hydrogens is 122 g/mol. The molecule has 0 saturated carbocycles. The first-order chi connectivity index (χ1) is 4.85. The van der Waals surface area contributed by atoms with E-state index >= 15 is 0 Å². The van der Waals surface area contributed by atoms with Crippen LogP contribution in [-0.2, 0) is 0 Å². The molecule has 0 heterocycles. The highest BCUT2D eigenvalue weighted by atomic mass is 15.1. The quantitative estimate of drug-likeness (QED) is 0.569. The van der Waals surface area contributed by atoms with Crippen molar-refractivity contribution in [1.82, 2.24) is 4.90 Å². The van der Waals surface area contributed by atoms with Crippen molar-refractivity contribution in [2.24, 2.45) is 0 Å². The van der Waals surface area contributed by atoms with Crippen LogP contribution in [0, 0.1) is 0 Å². The molecule has 0 aliphatic carbocycles. The van der Waals surface area contributed by atoms with E-state index < -0.39 is 0 Å². The molecule has 0 rings (SSSR count). The molecule has 0 aromatic rings. The van der Waals surface area contributed by atoms with Crippen molar-refractivity contribution in [2.45, 2.75) is 33.6 Å². The van der Waals surface area contributed by atoms with Gasteiger partial charge in [-0.15, -0.1) is 0 Å². The average Bonchev–Trinajstić information content (AvgIpc) is 1.98. The highest BCUT2D eigenvalue weighted by Crippen LogP contribution is 1.94. The van der Waals surface area contributed by atoms with Crippen molar-refractivity contribution in [3.63, 3.8) is 0 Å². The molecule has 1 heteroatoms. The third kappa shape index (κ3) is 4.42. The first kappa shape index (κ1) is 9.54. The van der Waals surface area contributed by atoms with Gasteiger partial charge in [0.2, 0.25) is 0 Å². The third-order valence-corrected chi connectivity index (χ3v) is 1.56. The minimum Gasteiger partial charge on any atom is -0.378 e. The van der Waals surface area contributed by atoms with Crippen molar-refractivity contribution >= 4 is 0 Å². The van der Waals surface area contributed by atoms with E-state index in [1.807, 2.05) is 0 Å². The molecular formula is C9H19N. The summed E-state index contributed by atoms with van der Waals surface area (Å²) in [6, 6.07) is 0. The van der Waals surface area contributed by atoms with Gasteiger partial charge in [0.1, 0.15) is 0 Å². The van der Waals surface area contributed by atoms with Crippen LogP contribution in [0.4, 0.5) is 0 Å². The van der Waals surface area contributed by atoms with Crippen molar-refractivity contribution in [3.05, 3.63) is 12.3 Å². The molecule has 60 valence electrons. The van der Waals surface area contributed by atoms with E-state index in [4.69, 9.17) is 0 Å². The lowest BCUT2D eigenvalue weighted by molar-refractivity contribution is 0.386. The molecule has 0 radical (unpaired) electrons. The van der Waals surface area contributed by atoms with Gasteiger partial charge in [0.15, 0.2) is 0 Å². The van der Waals surface area contributed by atoms with Crippen LogP contribution in [0.5, 0.6) is 0 Å². The smallest absolute Gasteiger partial charge is 0.0172 e. The van der Waals surface area contributed by atoms with E-state index in [0.717, 1.165) is 6.54 Å². The Morgan fingerprint density at radius 2 is 2.00 bits per heavy atom. The van der Waals surface area contributed by atoms with Gasteiger partial charge in [-0.1, -0.05) is 19.4 Å². The lowest BCUT2D eigenvalue weighted by Crippen LogP contribution is -2.17. The standard InChI is InChI=1S/C9H19N/c1-4-7-9-10(6-3)8-5-2/h5,8H,4,6-7,9H2,1-3H3/b8-5-. The molecule has 1 nitrogen and oxygen atoms in total. The predicted octanol–water partition coefficient (Wildman–Crippen LogP) is 2.64. The number of hydrogen-bond donors (Lipinski definition) is 0. The largest absolute Gasteiger partial charge is 0.378 e. The Bertz CT molecular complexity index is 86.7. The van der Waals surface area contributed by atoms with Crippen molar-refractivity contribution in [3.8, 4) is 0 Å². The molecule has 0 spiro atoms. The number of hydrogen-bond acceptors (Lipinski definition) is 1. The Labute approximate surface area is 64.7 Å². The van der Waals surface area contributed by atoms with Crippen LogP contribution in [-0.4, -0.2) is 18.0 Å². The topological polar surface area (TPSA) is 3.24 Å². The minimum atomic E-state index is 1.13. The highest BCUT2D eigenvalue weighted by molar-refractivity contribution is 4.77. The van der Waals surface area contributed by atoms with Gasteiger partial charge >= 0.3 is 0 Å². The van der Waals surface area contributed by atoms with Crippen molar-refractivity contribution < 1.29 is 0 Å². The first-order valence-electron chi connectivity index (χ1n) is 4.22. The van der Waals surface area contributed by atoms with Crippen LogP contribution >= 0.6 is 0 Å². The molecule has 0 saturated heterocycles. The molecule has 0 amide bonds. The molecule has 0 unspecified atom stereocenters. The summed E-state index contributed by atoms with van der Waals surface area (Å²) in [5.74, 6) is 0. The van der Waals surface area contributed by atoms with E-state index in [-0.39, 0.29) is 0 Å². The summed E-state index contributed by atoms with van der Waals surface area (Å²) in [6.07, 6.45) is 6.85. The normalized spacial score (nSPS) is 10.7. The molecule has 0 aromatic carbocycles. The lowest BCUT2D eigenvalue weighted by atomic mass is 10.3. The second-order valence-electron chi connectivity index (χ2n) is 2.46. The van der Waals surface area contributed by atoms with Gasteiger partial charge in [-0.3, -0.25) is 0 Å².